The first-order valence-corrected chi connectivity index (χ1v) is 12.3. The highest BCUT2D eigenvalue weighted by Gasteiger charge is 2.17. The first-order valence-electron chi connectivity index (χ1n) is 10.8. The lowest BCUT2D eigenvalue weighted by atomic mass is 10.2. The average Bonchev–Trinajstić information content (AvgIpc) is 3.01. The van der Waals surface area contributed by atoms with Gasteiger partial charge in [0.05, 0.1) is 10.6 Å². The number of nitrogens with one attached hydrogen (secondary N) is 1. The van der Waals surface area contributed by atoms with E-state index in [-0.39, 0.29) is 4.90 Å². The van der Waals surface area contributed by atoms with Crippen LogP contribution >= 0.6 is 0 Å². The van der Waals surface area contributed by atoms with Crippen molar-refractivity contribution in [3.05, 3.63) is 82.4 Å². The van der Waals surface area contributed by atoms with Crippen molar-refractivity contribution in [3.8, 4) is 17.4 Å². The van der Waals surface area contributed by atoms with Gasteiger partial charge in [0.1, 0.15) is 11.6 Å². The maximum atomic E-state index is 12.8. The Morgan fingerprint density at radius 3 is 2.21 bits per heavy atom. The molecule has 34 heavy (non-hydrogen) atoms. The molecule has 0 unspecified atom stereocenters. The summed E-state index contributed by atoms with van der Waals surface area (Å²) in [6, 6.07) is 13.6. The Morgan fingerprint density at radius 2 is 1.59 bits per heavy atom. The maximum Gasteiger partial charge on any atom is 0.262 e. The SMILES string of the molecule is Cc1ccc(S(=O)(=O)Nc2ccc(Oc3cc(-n4nc(C)c(C)c4C)nc(C)n3)cc2)c(C)c1. The van der Waals surface area contributed by atoms with Crippen LogP contribution in [-0.2, 0) is 10.0 Å². The summed E-state index contributed by atoms with van der Waals surface area (Å²) in [6.45, 7) is 11.5. The molecule has 176 valence electrons. The van der Waals surface area contributed by atoms with Crippen molar-refractivity contribution in [1.29, 1.82) is 0 Å². The van der Waals surface area contributed by atoms with Gasteiger partial charge < -0.3 is 4.74 Å². The van der Waals surface area contributed by atoms with Gasteiger partial charge in [-0.15, -0.1) is 0 Å². The Bertz CT molecular complexity index is 1480. The Kier molecular flexibility index (Phi) is 6.14. The Hall–Kier alpha value is -3.72. The van der Waals surface area contributed by atoms with Crippen LogP contribution in [0.5, 0.6) is 11.6 Å². The molecule has 0 fully saturated rings. The van der Waals surface area contributed by atoms with Crippen LogP contribution in [0.15, 0.2) is 53.4 Å². The number of ether oxygens (including phenoxy) is 1. The minimum absolute atomic E-state index is 0.252. The van der Waals surface area contributed by atoms with Crippen LogP contribution < -0.4 is 9.46 Å². The molecule has 0 saturated heterocycles. The quantitative estimate of drug-likeness (QED) is 0.414. The van der Waals surface area contributed by atoms with Crippen LogP contribution in [0.3, 0.4) is 0 Å². The van der Waals surface area contributed by atoms with E-state index < -0.39 is 10.0 Å². The van der Waals surface area contributed by atoms with Crippen LogP contribution in [0, 0.1) is 41.5 Å². The number of rotatable bonds is 6. The van der Waals surface area contributed by atoms with Crippen molar-refractivity contribution >= 4 is 15.7 Å². The second-order valence-corrected chi connectivity index (χ2v) is 9.97. The molecule has 0 spiro atoms. The second kappa shape index (κ2) is 8.90. The van der Waals surface area contributed by atoms with Crippen molar-refractivity contribution in [3.63, 3.8) is 0 Å². The first kappa shape index (κ1) is 23.4. The third-order valence-electron chi connectivity index (χ3n) is 5.62. The first-order chi connectivity index (χ1) is 16.0. The molecule has 0 radical (unpaired) electrons. The van der Waals surface area contributed by atoms with E-state index in [1.54, 1.807) is 61.0 Å². The summed E-state index contributed by atoms with van der Waals surface area (Å²) in [5, 5.41) is 4.56. The molecule has 0 aliphatic heterocycles. The summed E-state index contributed by atoms with van der Waals surface area (Å²) in [7, 11) is -3.70. The van der Waals surface area contributed by atoms with Crippen molar-refractivity contribution < 1.29 is 13.2 Å². The molecule has 0 aliphatic carbocycles. The highest BCUT2D eigenvalue weighted by molar-refractivity contribution is 7.92. The van der Waals surface area contributed by atoms with Gasteiger partial charge in [-0.25, -0.2) is 18.1 Å². The summed E-state index contributed by atoms with van der Waals surface area (Å²) in [5.74, 6) is 2.06. The predicted octanol–water partition coefficient (Wildman–Crippen LogP) is 5.11. The second-order valence-electron chi connectivity index (χ2n) is 8.32. The molecular formula is C25H27N5O3S. The predicted molar refractivity (Wildman–Crippen MR) is 131 cm³/mol. The van der Waals surface area contributed by atoms with Gasteiger partial charge in [-0.3, -0.25) is 4.72 Å². The third-order valence-corrected chi connectivity index (χ3v) is 7.16. The monoisotopic (exact) mass is 477 g/mol. The van der Waals surface area contributed by atoms with E-state index in [0.717, 1.165) is 22.5 Å². The lowest BCUT2D eigenvalue weighted by molar-refractivity contribution is 0.459. The Labute approximate surface area is 199 Å². The largest absolute Gasteiger partial charge is 0.439 e. The van der Waals surface area contributed by atoms with Gasteiger partial charge in [0.25, 0.3) is 10.0 Å². The molecule has 0 bridgehead atoms. The highest BCUT2D eigenvalue weighted by atomic mass is 32.2. The van der Waals surface area contributed by atoms with Gasteiger partial charge in [0.2, 0.25) is 5.88 Å². The minimum Gasteiger partial charge on any atom is -0.439 e. The smallest absolute Gasteiger partial charge is 0.262 e. The molecule has 0 saturated carbocycles. The van der Waals surface area contributed by atoms with E-state index >= 15 is 0 Å². The highest BCUT2D eigenvalue weighted by Crippen LogP contribution is 2.26. The molecule has 2 aromatic carbocycles. The molecule has 4 rings (SSSR count). The van der Waals surface area contributed by atoms with Crippen LogP contribution in [0.1, 0.15) is 33.9 Å². The fourth-order valence-corrected chi connectivity index (χ4v) is 4.94. The standard InChI is InChI=1S/C25H27N5O3S/c1-15-7-12-23(16(2)13-15)34(31,32)29-21-8-10-22(11-9-21)33-25-14-24(26-20(6)27-25)30-19(5)17(3)18(4)28-30/h7-14,29H,1-6H3. The normalized spacial score (nSPS) is 11.5. The van der Waals surface area contributed by atoms with Crippen molar-refractivity contribution in [2.24, 2.45) is 0 Å². The van der Waals surface area contributed by atoms with E-state index in [4.69, 9.17) is 4.74 Å². The third kappa shape index (κ3) is 4.79. The van der Waals surface area contributed by atoms with Crippen LogP contribution in [0.4, 0.5) is 5.69 Å². The molecule has 4 aromatic rings. The Morgan fingerprint density at radius 1 is 0.882 bits per heavy atom. The maximum absolute atomic E-state index is 12.8. The zero-order chi connectivity index (χ0) is 24.6. The van der Waals surface area contributed by atoms with Gasteiger partial charge in [0.15, 0.2) is 5.82 Å². The van der Waals surface area contributed by atoms with E-state index in [0.29, 0.717) is 34.5 Å². The van der Waals surface area contributed by atoms with Crippen molar-refractivity contribution in [2.45, 2.75) is 46.4 Å². The average molecular weight is 478 g/mol. The van der Waals surface area contributed by atoms with E-state index in [1.165, 1.54) is 0 Å². The molecule has 8 nitrogen and oxygen atoms in total. The number of anilines is 1. The molecule has 1 N–H and O–H groups in total. The summed E-state index contributed by atoms with van der Waals surface area (Å²) in [5.41, 5.74) is 5.19. The lowest BCUT2D eigenvalue weighted by Crippen LogP contribution is -2.14. The Balaban J connectivity index is 1.54. The van der Waals surface area contributed by atoms with Gasteiger partial charge >= 0.3 is 0 Å². The summed E-state index contributed by atoms with van der Waals surface area (Å²) < 4.78 is 35.9. The van der Waals surface area contributed by atoms with Crippen molar-refractivity contribution in [1.82, 2.24) is 19.7 Å². The molecule has 2 aromatic heterocycles. The van der Waals surface area contributed by atoms with Crippen molar-refractivity contribution in [2.75, 3.05) is 4.72 Å². The van der Waals surface area contributed by atoms with Gasteiger partial charge in [-0.1, -0.05) is 17.7 Å². The minimum atomic E-state index is -3.70. The van der Waals surface area contributed by atoms with Gasteiger partial charge in [-0.2, -0.15) is 10.1 Å². The number of hydrogen-bond donors (Lipinski definition) is 1. The molecule has 2 heterocycles. The molecule has 0 aliphatic rings. The van der Waals surface area contributed by atoms with Crippen LogP contribution in [0.2, 0.25) is 0 Å². The number of aryl methyl sites for hydroxylation is 4. The summed E-state index contributed by atoms with van der Waals surface area (Å²) in [6.07, 6.45) is 0. The number of nitrogens with zero attached hydrogens (tertiary/aromatic N) is 4. The number of sulfonamides is 1. The fourth-order valence-electron chi connectivity index (χ4n) is 3.65. The molecule has 0 amide bonds. The van der Waals surface area contributed by atoms with Crippen LogP contribution in [0.25, 0.3) is 5.82 Å². The van der Waals surface area contributed by atoms with E-state index in [1.807, 2.05) is 33.8 Å². The fraction of sp³-hybridized carbons (Fsp3) is 0.240. The number of benzene rings is 2. The molecule has 0 atom stereocenters. The summed E-state index contributed by atoms with van der Waals surface area (Å²) in [4.78, 5) is 9.11. The zero-order valence-corrected chi connectivity index (χ0v) is 20.9. The van der Waals surface area contributed by atoms with E-state index in [2.05, 4.69) is 19.8 Å². The molecule has 9 heteroatoms. The lowest BCUT2D eigenvalue weighted by Gasteiger charge is -2.12. The number of hydrogen-bond acceptors (Lipinski definition) is 6. The molecular weight excluding hydrogens is 450 g/mol. The number of aromatic nitrogens is 4. The van der Waals surface area contributed by atoms with E-state index in [9.17, 15) is 8.42 Å². The van der Waals surface area contributed by atoms with Gasteiger partial charge in [-0.05, 0) is 83.0 Å². The zero-order valence-electron chi connectivity index (χ0n) is 20.0. The summed E-state index contributed by atoms with van der Waals surface area (Å²) >= 11 is 0. The van der Waals surface area contributed by atoms with Crippen LogP contribution in [-0.4, -0.2) is 28.2 Å². The van der Waals surface area contributed by atoms with Gasteiger partial charge in [0, 0.05) is 17.4 Å². The topological polar surface area (TPSA) is 99.0 Å².